The van der Waals surface area contributed by atoms with Crippen molar-refractivity contribution in [2.75, 3.05) is 5.73 Å². The van der Waals surface area contributed by atoms with Gasteiger partial charge in [-0.1, -0.05) is 11.6 Å². The third kappa shape index (κ3) is 3.39. The van der Waals surface area contributed by atoms with Gasteiger partial charge < -0.3 is 10.5 Å². The lowest BCUT2D eigenvalue weighted by molar-refractivity contribution is -0.274. The molecule has 1 heterocycles. The number of ketones is 1. The molecule has 2 aromatic rings. The van der Waals surface area contributed by atoms with Gasteiger partial charge in [0.2, 0.25) is 0 Å². The number of benzene rings is 1. The van der Waals surface area contributed by atoms with E-state index in [-0.39, 0.29) is 39.5 Å². The largest absolute Gasteiger partial charge is 0.573 e. The number of nitrogens with two attached hydrogens (primary N) is 1. The van der Waals surface area contributed by atoms with E-state index in [2.05, 4.69) is 9.84 Å². The maximum atomic E-state index is 12.5. The van der Waals surface area contributed by atoms with Crippen LogP contribution in [0.25, 0.3) is 5.69 Å². The molecule has 6 nitrogen and oxygen atoms in total. The number of hydrogen-bond acceptors (Lipinski definition) is 5. The minimum Gasteiger partial charge on any atom is -0.406 e. The monoisotopic (exact) mass is 370 g/mol. The summed E-state index contributed by atoms with van der Waals surface area (Å²) in [6.45, 7) is 0. The molecule has 0 saturated heterocycles. The molecular weight excluding hydrogens is 361 g/mol. The van der Waals surface area contributed by atoms with Crippen molar-refractivity contribution in [2.45, 2.75) is 19.2 Å². The number of rotatable bonds is 4. The zero-order chi connectivity index (χ0) is 18.4. The van der Waals surface area contributed by atoms with Crippen LogP contribution in [-0.2, 0) is 0 Å². The summed E-state index contributed by atoms with van der Waals surface area (Å²) in [7, 11) is 0. The van der Waals surface area contributed by atoms with Gasteiger partial charge in [-0.15, -0.1) is 18.3 Å². The Balaban J connectivity index is 2.08. The van der Waals surface area contributed by atoms with Crippen molar-refractivity contribution in [3.05, 3.63) is 34.5 Å². The number of ether oxygens (including phenoxy) is 1. The first-order chi connectivity index (χ1) is 11.7. The Morgan fingerprint density at radius 1 is 1.44 bits per heavy atom. The summed E-state index contributed by atoms with van der Waals surface area (Å²) in [6, 6.07) is 5.02. The van der Waals surface area contributed by atoms with Crippen LogP contribution >= 0.6 is 11.6 Å². The van der Waals surface area contributed by atoms with E-state index in [0.29, 0.717) is 12.8 Å². The Labute approximate surface area is 144 Å². The van der Waals surface area contributed by atoms with Gasteiger partial charge in [0.15, 0.2) is 11.6 Å². The van der Waals surface area contributed by atoms with Gasteiger partial charge in [0.05, 0.1) is 10.7 Å². The van der Waals surface area contributed by atoms with Gasteiger partial charge in [-0.25, -0.2) is 4.68 Å². The molecule has 25 heavy (non-hydrogen) atoms. The lowest BCUT2D eigenvalue weighted by Crippen LogP contribution is -2.17. The van der Waals surface area contributed by atoms with E-state index in [1.165, 1.54) is 6.07 Å². The molecule has 3 rings (SSSR count). The Morgan fingerprint density at radius 2 is 2.12 bits per heavy atom. The Hall–Kier alpha value is -2.73. The first-order valence-corrected chi connectivity index (χ1v) is 7.47. The van der Waals surface area contributed by atoms with Crippen molar-refractivity contribution in [2.24, 2.45) is 5.92 Å². The van der Waals surface area contributed by atoms with Crippen molar-refractivity contribution >= 4 is 23.2 Å². The highest BCUT2D eigenvalue weighted by molar-refractivity contribution is 6.32. The molecule has 0 bridgehead atoms. The fourth-order valence-electron chi connectivity index (χ4n) is 2.34. The third-order valence-corrected chi connectivity index (χ3v) is 3.89. The predicted octanol–water partition coefficient (Wildman–Crippen LogP) is 3.47. The standard InChI is InChI=1S/C15H10ClF3N4O2/c16-10-5-8(25-15(17,18)19)3-4-11(10)23-12(13(24)7-1-2-7)9(6-20)14(21)22-23/h3-5,7H,1-2H2,(H2,21,22). The van der Waals surface area contributed by atoms with Crippen LogP contribution < -0.4 is 10.5 Å². The van der Waals surface area contributed by atoms with Gasteiger partial charge in [-0.2, -0.15) is 5.26 Å². The van der Waals surface area contributed by atoms with Gasteiger partial charge in [-0.3, -0.25) is 4.79 Å². The molecule has 1 aliphatic carbocycles. The maximum absolute atomic E-state index is 12.5. The van der Waals surface area contributed by atoms with Crippen LogP contribution in [0.15, 0.2) is 18.2 Å². The van der Waals surface area contributed by atoms with Crippen LogP contribution in [-0.4, -0.2) is 21.9 Å². The number of carbonyl (C=O) groups excluding carboxylic acids is 1. The summed E-state index contributed by atoms with van der Waals surface area (Å²) in [5.74, 6) is -1.18. The number of Topliss-reactive ketones (excluding diaryl/α,β-unsaturated/α-hetero) is 1. The summed E-state index contributed by atoms with van der Waals surface area (Å²) < 4.78 is 41.7. The Morgan fingerprint density at radius 3 is 2.64 bits per heavy atom. The fraction of sp³-hybridized carbons (Fsp3) is 0.267. The minimum absolute atomic E-state index is 0.0195. The van der Waals surface area contributed by atoms with E-state index < -0.39 is 12.1 Å². The van der Waals surface area contributed by atoms with Gasteiger partial charge in [0.1, 0.15) is 23.1 Å². The van der Waals surface area contributed by atoms with Crippen LogP contribution in [0.2, 0.25) is 5.02 Å². The van der Waals surface area contributed by atoms with Crippen LogP contribution in [0, 0.1) is 17.2 Å². The van der Waals surface area contributed by atoms with Gasteiger partial charge in [0.25, 0.3) is 0 Å². The zero-order valence-electron chi connectivity index (χ0n) is 12.5. The van der Waals surface area contributed by atoms with E-state index in [4.69, 9.17) is 17.3 Å². The van der Waals surface area contributed by atoms with E-state index in [1.807, 2.05) is 6.07 Å². The van der Waals surface area contributed by atoms with Gasteiger partial charge in [0, 0.05) is 12.0 Å². The Bertz CT molecular complexity index is 897. The summed E-state index contributed by atoms with van der Waals surface area (Å²) in [6.07, 6.45) is -3.47. The summed E-state index contributed by atoms with van der Waals surface area (Å²) in [5, 5.41) is 13.0. The van der Waals surface area contributed by atoms with Crippen LogP contribution in [0.4, 0.5) is 19.0 Å². The first-order valence-electron chi connectivity index (χ1n) is 7.09. The molecule has 0 aliphatic heterocycles. The van der Waals surface area contributed by atoms with E-state index in [0.717, 1.165) is 16.8 Å². The van der Waals surface area contributed by atoms with E-state index in [9.17, 15) is 23.2 Å². The number of nitrogens with zero attached hydrogens (tertiary/aromatic N) is 3. The highest BCUT2D eigenvalue weighted by atomic mass is 35.5. The number of hydrogen-bond donors (Lipinski definition) is 1. The molecule has 0 spiro atoms. The highest BCUT2D eigenvalue weighted by Gasteiger charge is 2.36. The number of anilines is 1. The van der Waals surface area contributed by atoms with E-state index >= 15 is 0 Å². The van der Waals surface area contributed by atoms with Crippen LogP contribution in [0.1, 0.15) is 28.9 Å². The molecule has 0 unspecified atom stereocenters. The maximum Gasteiger partial charge on any atom is 0.573 e. The molecule has 0 amide bonds. The number of aromatic nitrogens is 2. The second kappa shape index (κ2) is 5.97. The number of halogens is 4. The van der Waals surface area contributed by atoms with Gasteiger partial charge in [-0.05, 0) is 25.0 Å². The lowest BCUT2D eigenvalue weighted by Gasteiger charge is -2.12. The average Bonchev–Trinajstić information content (AvgIpc) is 3.29. The minimum atomic E-state index is -4.86. The molecule has 0 atom stereocenters. The molecule has 0 radical (unpaired) electrons. The summed E-state index contributed by atoms with van der Waals surface area (Å²) >= 11 is 6.03. The first kappa shape index (κ1) is 17.1. The highest BCUT2D eigenvalue weighted by Crippen LogP contribution is 2.36. The normalized spacial score (nSPS) is 14.2. The fourth-order valence-corrected chi connectivity index (χ4v) is 2.59. The molecule has 1 aromatic heterocycles. The smallest absolute Gasteiger partial charge is 0.406 e. The van der Waals surface area contributed by atoms with Crippen molar-refractivity contribution in [1.82, 2.24) is 9.78 Å². The molecule has 1 aliphatic rings. The van der Waals surface area contributed by atoms with Crippen molar-refractivity contribution in [1.29, 1.82) is 5.26 Å². The molecular formula is C15H10ClF3N4O2. The Kier molecular flexibility index (Phi) is 4.08. The molecule has 10 heteroatoms. The lowest BCUT2D eigenvalue weighted by atomic mass is 10.1. The summed E-state index contributed by atoms with van der Waals surface area (Å²) in [5.41, 5.74) is 5.71. The second-order valence-electron chi connectivity index (χ2n) is 5.43. The van der Waals surface area contributed by atoms with Crippen LogP contribution in [0.3, 0.4) is 0 Å². The quantitative estimate of drug-likeness (QED) is 0.831. The average molecular weight is 371 g/mol. The second-order valence-corrected chi connectivity index (χ2v) is 5.84. The van der Waals surface area contributed by atoms with Crippen molar-refractivity contribution in [3.63, 3.8) is 0 Å². The molecule has 1 saturated carbocycles. The summed E-state index contributed by atoms with van der Waals surface area (Å²) in [4.78, 5) is 12.5. The third-order valence-electron chi connectivity index (χ3n) is 3.59. The topological polar surface area (TPSA) is 93.9 Å². The molecule has 130 valence electrons. The molecule has 2 N–H and O–H groups in total. The number of alkyl halides is 3. The number of carbonyl (C=O) groups is 1. The van der Waals surface area contributed by atoms with Crippen LogP contribution in [0.5, 0.6) is 5.75 Å². The van der Waals surface area contributed by atoms with Crippen molar-refractivity contribution < 1.29 is 22.7 Å². The SMILES string of the molecule is N#Cc1c(N)nn(-c2ccc(OC(F)(F)F)cc2Cl)c1C(=O)C1CC1. The molecule has 1 fully saturated rings. The zero-order valence-corrected chi connectivity index (χ0v) is 13.2. The number of nitrogen functional groups attached to an aromatic ring is 1. The van der Waals surface area contributed by atoms with Crippen molar-refractivity contribution in [3.8, 4) is 17.5 Å². The van der Waals surface area contributed by atoms with Gasteiger partial charge >= 0.3 is 6.36 Å². The predicted molar refractivity (Wildman–Crippen MR) is 81.4 cm³/mol. The molecule has 1 aromatic carbocycles. The number of nitriles is 1. The van der Waals surface area contributed by atoms with E-state index in [1.54, 1.807) is 0 Å².